The number of hydrogen-bond acceptors (Lipinski definition) is 4. The first-order valence-electron chi connectivity index (χ1n) is 6.94. The second kappa shape index (κ2) is 7.21. The summed E-state index contributed by atoms with van der Waals surface area (Å²) < 4.78 is 5.70. The SMILES string of the molecule is CCCNc1cc(NCC2CCCCO2)ccn1. The van der Waals surface area contributed by atoms with E-state index in [0.717, 1.165) is 37.6 Å². The van der Waals surface area contributed by atoms with Gasteiger partial charge in [-0.2, -0.15) is 0 Å². The Morgan fingerprint density at radius 1 is 1.39 bits per heavy atom. The van der Waals surface area contributed by atoms with Gasteiger partial charge in [0, 0.05) is 37.6 Å². The summed E-state index contributed by atoms with van der Waals surface area (Å²) in [5, 5.41) is 6.72. The molecule has 1 unspecified atom stereocenters. The Morgan fingerprint density at radius 2 is 2.33 bits per heavy atom. The summed E-state index contributed by atoms with van der Waals surface area (Å²) >= 11 is 0. The Morgan fingerprint density at radius 3 is 3.11 bits per heavy atom. The number of rotatable bonds is 6. The summed E-state index contributed by atoms with van der Waals surface area (Å²) in [6.07, 6.45) is 6.96. The molecule has 1 fully saturated rings. The number of hydrogen-bond donors (Lipinski definition) is 2. The van der Waals surface area contributed by atoms with Crippen LogP contribution in [0.2, 0.25) is 0 Å². The smallest absolute Gasteiger partial charge is 0.127 e. The van der Waals surface area contributed by atoms with E-state index in [9.17, 15) is 0 Å². The molecule has 4 heteroatoms. The lowest BCUT2D eigenvalue weighted by atomic mass is 10.1. The van der Waals surface area contributed by atoms with Crippen LogP contribution in [-0.2, 0) is 4.74 Å². The van der Waals surface area contributed by atoms with Crippen molar-refractivity contribution >= 4 is 11.5 Å². The molecular formula is C14H23N3O. The lowest BCUT2D eigenvalue weighted by molar-refractivity contribution is 0.0247. The zero-order valence-electron chi connectivity index (χ0n) is 11.1. The number of pyridine rings is 1. The van der Waals surface area contributed by atoms with Gasteiger partial charge in [-0.15, -0.1) is 0 Å². The molecule has 0 aromatic carbocycles. The molecule has 0 bridgehead atoms. The molecule has 1 aromatic rings. The topological polar surface area (TPSA) is 46.2 Å². The van der Waals surface area contributed by atoms with Gasteiger partial charge in [0.25, 0.3) is 0 Å². The molecule has 0 saturated carbocycles. The van der Waals surface area contributed by atoms with Gasteiger partial charge in [-0.05, 0) is 31.7 Å². The molecule has 100 valence electrons. The van der Waals surface area contributed by atoms with E-state index in [1.54, 1.807) is 0 Å². The zero-order chi connectivity index (χ0) is 12.6. The Balaban J connectivity index is 1.80. The van der Waals surface area contributed by atoms with Crippen molar-refractivity contribution in [3.63, 3.8) is 0 Å². The molecule has 0 aliphatic carbocycles. The Hall–Kier alpha value is -1.29. The third-order valence-corrected chi connectivity index (χ3v) is 3.12. The minimum atomic E-state index is 0.360. The van der Waals surface area contributed by atoms with Crippen LogP contribution in [0.25, 0.3) is 0 Å². The van der Waals surface area contributed by atoms with Crippen LogP contribution in [0.15, 0.2) is 18.3 Å². The van der Waals surface area contributed by atoms with E-state index in [1.807, 2.05) is 12.3 Å². The van der Waals surface area contributed by atoms with Gasteiger partial charge in [0.2, 0.25) is 0 Å². The van der Waals surface area contributed by atoms with Gasteiger partial charge >= 0.3 is 0 Å². The highest BCUT2D eigenvalue weighted by molar-refractivity contribution is 5.51. The molecule has 2 N–H and O–H groups in total. The maximum atomic E-state index is 5.70. The molecule has 4 nitrogen and oxygen atoms in total. The van der Waals surface area contributed by atoms with Gasteiger partial charge < -0.3 is 15.4 Å². The van der Waals surface area contributed by atoms with Gasteiger partial charge in [0.15, 0.2) is 0 Å². The van der Waals surface area contributed by atoms with E-state index in [0.29, 0.717) is 6.10 Å². The van der Waals surface area contributed by atoms with Gasteiger partial charge in [0.05, 0.1) is 6.10 Å². The first kappa shape index (κ1) is 13.1. The van der Waals surface area contributed by atoms with Crippen LogP contribution in [0.1, 0.15) is 32.6 Å². The lowest BCUT2D eigenvalue weighted by Crippen LogP contribution is -2.27. The summed E-state index contributed by atoms with van der Waals surface area (Å²) in [7, 11) is 0. The van der Waals surface area contributed by atoms with Crippen molar-refractivity contribution in [2.45, 2.75) is 38.7 Å². The molecule has 2 heterocycles. The van der Waals surface area contributed by atoms with Gasteiger partial charge in [0.1, 0.15) is 5.82 Å². The molecule has 1 atom stereocenters. The van der Waals surface area contributed by atoms with Gasteiger partial charge in [-0.25, -0.2) is 4.98 Å². The highest BCUT2D eigenvalue weighted by atomic mass is 16.5. The molecule has 0 amide bonds. The van der Waals surface area contributed by atoms with Gasteiger partial charge in [-0.1, -0.05) is 6.92 Å². The number of ether oxygens (including phenoxy) is 1. The highest BCUT2D eigenvalue weighted by Crippen LogP contribution is 2.15. The van der Waals surface area contributed by atoms with E-state index < -0.39 is 0 Å². The molecule has 18 heavy (non-hydrogen) atoms. The third kappa shape index (κ3) is 4.18. The summed E-state index contributed by atoms with van der Waals surface area (Å²) in [4.78, 5) is 4.29. The summed E-state index contributed by atoms with van der Waals surface area (Å²) in [6.45, 7) is 4.90. The largest absolute Gasteiger partial charge is 0.382 e. The van der Waals surface area contributed by atoms with Crippen LogP contribution in [0, 0.1) is 0 Å². The minimum Gasteiger partial charge on any atom is -0.382 e. The lowest BCUT2D eigenvalue weighted by Gasteiger charge is -2.23. The number of nitrogens with zero attached hydrogens (tertiary/aromatic N) is 1. The molecule has 1 aliphatic rings. The standard InChI is InChI=1S/C14H23N3O/c1-2-7-15-14-10-12(6-8-16-14)17-11-13-5-3-4-9-18-13/h6,8,10,13H,2-5,7,9,11H2,1H3,(H2,15,16,17). The first-order chi connectivity index (χ1) is 8.88. The highest BCUT2D eigenvalue weighted by Gasteiger charge is 2.13. The molecule has 0 spiro atoms. The normalized spacial score (nSPS) is 19.5. The quantitative estimate of drug-likeness (QED) is 0.814. The average Bonchev–Trinajstić information content (AvgIpc) is 2.44. The molecule has 1 aliphatic heterocycles. The van der Waals surface area contributed by atoms with Crippen molar-refractivity contribution in [2.24, 2.45) is 0 Å². The number of nitrogens with one attached hydrogen (secondary N) is 2. The monoisotopic (exact) mass is 249 g/mol. The molecule has 1 aromatic heterocycles. The molecular weight excluding hydrogens is 226 g/mol. The molecule has 0 radical (unpaired) electrons. The van der Waals surface area contributed by atoms with Crippen LogP contribution >= 0.6 is 0 Å². The second-order valence-corrected chi connectivity index (χ2v) is 4.73. The van der Waals surface area contributed by atoms with Crippen molar-refractivity contribution in [3.8, 4) is 0 Å². The van der Waals surface area contributed by atoms with Crippen LogP contribution in [0.4, 0.5) is 11.5 Å². The van der Waals surface area contributed by atoms with E-state index in [1.165, 1.54) is 19.3 Å². The Labute approximate surface area is 109 Å². The zero-order valence-corrected chi connectivity index (χ0v) is 11.1. The predicted octanol–water partition coefficient (Wildman–Crippen LogP) is 2.88. The fourth-order valence-electron chi connectivity index (χ4n) is 2.09. The van der Waals surface area contributed by atoms with Gasteiger partial charge in [-0.3, -0.25) is 0 Å². The summed E-state index contributed by atoms with van der Waals surface area (Å²) in [6, 6.07) is 4.05. The molecule has 2 rings (SSSR count). The van der Waals surface area contributed by atoms with Crippen molar-refractivity contribution < 1.29 is 4.74 Å². The first-order valence-corrected chi connectivity index (χ1v) is 6.94. The van der Waals surface area contributed by atoms with Crippen molar-refractivity contribution in [3.05, 3.63) is 18.3 Å². The van der Waals surface area contributed by atoms with E-state index in [-0.39, 0.29) is 0 Å². The van der Waals surface area contributed by atoms with Crippen LogP contribution < -0.4 is 10.6 Å². The number of anilines is 2. The molecule has 1 saturated heterocycles. The summed E-state index contributed by atoms with van der Waals surface area (Å²) in [5.74, 6) is 0.936. The van der Waals surface area contributed by atoms with E-state index >= 15 is 0 Å². The van der Waals surface area contributed by atoms with Crippen molar-refractivity contribution in [2.75, 3.05) is 30.3 Å². The summed E-state index contributed by atoms with van der Waals surface area (Å²) in [5.41, 5.74) is 1.11. The fourth-order valence-corrected chi connectivity index (χ4v) is 2.09. The second-order valence-electron chi connectivity index (χ2n) is 4.73. The predicted molar refractivity (Wildman–Crippen MR) is 75.1 cm³/mol. The van der Waals surface area contributed by atoms with Crippen molar-refractivity contribution in [1.29, 1.82) is 0 Å². The Kier molecular flexibility index (Phi) is 5.27. The maximum Gasteiger partial charge on any atom is 0.127 e. The van der Waals surface area contributed by atoms with Crippen LogP contribution in [0.5, 0.6) is 0 Å². The fraction of sp³-hybridized carbons (Fsp3) is 0.643. The third-order valence-electron chi connectivity index (χ3n) is 3.12. The van der Waals surface area contributed by atoms with E-state index in [2.05, 4.69) is 28.6 Å². The van der Waals surface area contributed by atoms with Crippen molar-refractivity contribution in [1.82, 2.24) is 4.98 Å². The van der Waals surface area contributed by atoms with Crippen LogP contribution in [0.3, 0.4) is 0 Å². The minimum absolute atomic E-state index is 0.360. The maximum absolute atomic E-state index is 5.70. The average molecular weight is 249 g/mol. The Bertz CT molecular complexity index is 351. The number of aromatic nitrogens is 1. The van der Waals surface area contributed by atoms with E-state index in [4.69, 9.17) is 4.74 Å². The van der Waals surface area contributed by atoms with Crippen LogP contribution in [-0.4, -0.2) is 30.8 Å².